The van der Waals surface area contributed by atoms with Gasteiger partial charge in [-0.05, 0) is 12.1 Å². The van der Waals surface area contributed by atoms with Crippen LogP contribution >= 0.6 is 11.3 Å². The molecular formula is C12H12N2OS. The van der Waals surface area contributed by atoms with Gasteiger partial charge in [0.1, 0.15) is 10.8 Å². The number of hydrogen-bond acceptors (Lipinski definition) is 4. The van der Waals surface area contributed by atoms with Gasteiger partial charge >= 0.3 is 0 Å². The maximum absolute atomic E-state index is 9.74. The van der Waals surface area contributed by atoms with Crippen LogP contribution in [0.3, 0.4) is 0 Å². The average Bonchev–Trinajstić information content (AvgIpc) is 2.65. The SMILES string of the molecule is Oc1ccccc1-c1nc(C2CNC2)cs1. The van der Waals surface area contributed by atoms with E-state index in [0.717, 1.165) is 29.4 Å². The van der Waals surface area contributed by atoms with Gasteiger partial charge in [0.2, 0.25) is 0 Å². The van der Waals surface area contributed by atoms with Crippen LogP contribution in [0.5, 0.6) is 5.75 Å². The molecule has 0 radical (unpaired) electrons. The average molecular weight is 232 g/mol. The molecule has 1 saturated heterocycles. The van der Waals surface area contributed by atoms with Crippen LogP contribution < -0.4 is 5.32 Å². The van der Waals surface area contributed by atoms with Crippen molar-refractivity contribution in [1.29, 1.82) is 0 Å². The van der Waals surface area contributed by atoms with Crippen molar-refractivity contribution in [1.82, 2.24) is 10.3 Å². The molecule has 1 aliphatic heterocycles. The summed E-state index contributed by atoms with van der Waals surface area (Å²) in [4.78, 5) is 4.58. The quantitative estimate of drug-likeness (QED) is 0.834. The molecule has 0 aliphatic carbocycles. The van der Waals surface area contributed by atoms with Crippen LogP contribution in [-0.4, -0.2) is 23.2 Å². The fourth-order valence-corrected chi connectivity index (χ4v) is 2.68. The Labute approximate surface area is 97.8 Å². The van der Waals surface area contributed by atoms with E-state index in [0.29, 0.717) is 11.7 Å². The molecule has 2 N–H and O–H groups in total. The van der Waals surface area contributed by atoms with Crippen molar-refractivity contribution in [3.05, 3.63) is 35.3 Å². The summed E-state index contributed by atoms with van der Waals surface area (Å²) in [7, 11) is 0. The number of thiazole rings is 1. The molecule has 1 aromatic heterocycles. The molecule has 0 unspecified atom stereocenters. The van der Waals surface area contributed by atoms with Crippen LogP contribution in [-0.2, 0) is 0 Å². The summed E-state index contributed by atoms with van der Waals surface area (Å²) in [5, 5.41) is 16.0. The van der Waals surface area contributed by atoms with Gasteiger partial charge in [0.05, 0.1) is 11.3 Å². The molecule has 1 aromatic carbocycles. The van der Waals surface area contributed by atoms with Gasteiger partial charge in [-0.3, -0.25) is 0 Å². The van der Waals surface area contributed by atoms with E-state index >= 15 is 0 Å². The number of benzene rings is 1. The number of phenolic OH excluding ortho intramolecular Hbond substituents is 1. The second-order valence-corrected chi connectivity index (χ2v) is 4.81. The lowest BCUT2D eigenvalue weighted by molar-refractivity contribution is 0.441. The van der Waals surface area contributed by atoms with E-state index < -0.39 is 0 Å². The second-order valence-electron chi connectivity index (χ2n) is 3.95. The summed E-state index contributed by atoms with van der Waals surface area (Å²) in [5.74, 6) is 0.853. The van der Waals surface area contributed by atoms with Crippen molar-refractivity contribution in [3.8, 4) is 16.3 Å². The fourth-order valence-electron chi connectivity index (χ4n) is 1.75. The number of nitrogens with one attached hydrogen (secondary N) is 1. The summed E-state index contributed by atoms with van der Waals surface area (Å²) in [5.41, 5.74) is 1.97. The van der Waals surface area contributed by atoms with Gasteiger partial charge in [-0.1, -0.05) is 12.1 Å². The monoisotopic (exact) mass is 232 g/mol. The Morgan fingerprint density at radius 2 is 2.12 bits per heavy atom. The maximum Gasteiger partial charge on any atom is 0.127 e. The summed E-state index contributed by atoms with van der Waals surface area (Å²) in [6, 6.07) is 7.34. The minimum atomic E-state index is 0.301. The van der Waals surface area contributed by atoms with E-state index in [2.05, 4.69) is 15.7 Å². The number of phenols is 1. The highest BCUT2D eigenvalue weighted by atomic mass is 32.1. The van der Waals surface area contributed by atoms with Gasteiger partial charge in [-0.2, -0.15) is 0 Å². The lowest BCUT2D eigenvalue weighted by Crippen LogP contribution is -2.40. The van der Waals surface area contributed by atoms with Crippen molar-refractivity contribution in [2.24, 2.45) is 0 Å². The molecule has 0 saturated carbocycles. The Kier molecular flexibility index (Phi) is 2.38. The summed E-state index contributed by atoms with van der Waals surface area (Å²) in [6.07, 6.45) is 0. The minimum absolute atomic E-state index is 0.301. The first-order valence-electron chi connectivity index (χ1n) is 5.29. The number of rotatable bonds is 2. The normalized spacial score (nSPS) is 16.0. The van der Waals surface area contributed by atoms with Crippen molar-refractivity contribution in [3.63, 3.8) is 0 Å². The van der Waals surface area contributed by atoms with Crippen LogP contribution in [0.2, 0.25) is 0 Å². The molecule has 1 fully saturated rings. The van der Waals surface area contributed by atoms with Gasteiger partial charge in [-0.25, -0.2) is 4.98 Å². The van der Waals surface area contributed by atoms with Crippen LogP contribution in [0, 0.1) is 0 Å². The predicted octanol–water partition coefficient (Wildman–Crippen LogP) is 2.20. The second kappa shape index (κ2) is 3.88. The minimum Gasteiger partial charge on any atom is -0.507 e. The zero-order valence-electron chi connectivity index (χ0n) is 8.68. The molecule has 2 heterocycles. The highest BCUT2D eigenvalue weighted by Crippen LogP contribution is 2.33. The summed E-state index contributed by atoms with van der Waals surface area (Å²) in [6.45, 7) is 2.04. The molecule has 3 rings (SSSR count). The van der Waals surface area contributed by atoms with Crippen LogP contribution in [0.15, 0.2) is 29.6 Å². The van der Waals surface area contributed by atoms with E-state index in [1.54, 1.807) is 17.4 Å². The number of hydrogen-bond donors (Lipinski definition) is 2. The Hall–Kier alpha value is -1.39. The zero-order valence-corrected chi connectivity index (χ0v) is 9.50. The first-order chi connectivity index (χ1) is 7.84. The first kappa shape index (κ1) is 9.81. The van der Waals surface area contributed by atoms with E-state index in [1.165, 1.54) is 0 Å². The molecule has 0 amide bonds. The van der Waals surface area contributed by atoms with Gasteiger partial charge in [0.25, 0.3) is 0 Å². The molecule has 0 bridgehead atoms. The molecule has 0 atom stereocenters. The number of aromatic hydroxyl groups is 1. The first-order valence-corrected chi connectivity index (χ1v) is 6.17. The number of para-hydroxylation sites is 1. The van der Waals surface area contributed by atoms with Crippen molar-refractivity contribution >= 4 is 11.3 Å². The third kappa shape index (κ3) is 1.60. The Balaban J connectivity index is 1.95. The number of aromatic nitrogens is 1. The van der Waals surface area contributed by atoms with Gasteiger partial charge in [0.15, 0.2) is 0 Å². The maximum atomic E-state index is 9.74. The predicted molar refractivity (Wildman–Crippen MR) is 64.8 cm³/mol. The third-order valence-corrected chi connectivity index (χ3v) is 3.75. The Morgan fingerprint density at radius 3 is 2.81 bits per heavy atom. The van der Waals surface area contributed by atoms with Gasteiger partial charge < -0.3 is 10.4 Å². The topological polar surface area (TPSA) is 45.2 Å². The highest BCUT2D eigenvalue weighted by Gasteiger charge is 2.22. The van der Waals surface area contributed by atoms with Crippen LogP contribution in [0.25, 0.3) is 10.6 Å². The molecule has 2 aromatic rings. The van der Waals surface area contributed by atoms with E-state index in [4.69, 9.17) is 0 Å². The number of nitrogens with zero attached hydrogens (tertiary/aromatic N) is 1. The molecular weight excluding hydrogens is 220 g/mol. The van der Waals surface area contributed by atoms with Crippen LogP contribution in [0.4, 0.5) is 0 Å². The van der Waals surface area contributed by atoms with Crippen molar-refractivity contribution in [2.45, 2.75) is 5.92 Å². The Bertz CT molecular complexity index is 505. The van der Waals surface area contributed by atoms with E-state index in [-0.39, 0.29) is 0 Å². The Morgan fingerprint density at radius 1 is 1.31 bits per heavy atom. The molecule has 1 aliphatic rings. The highest BCUT2D eigenvalue weighted by molar-refractivity contribution is 7.13. The van der Waals surface area contributed by atoms with Gasteiger partial charge in [0, 0.05) is 24.4 Å². The van der Waals surface area contributed by atoms with Gasteiger partial charge in [-0.15, -0.1) is 11.3 Å². The fraction of sp³-hybridized carbons (Fsp3) is 0.250. The standard InChI is InChI=1S/C12H12N2OS/c15-11-4-2-1-3-9(11)12-14-10(7-16-12)8-5-13-6-8/h1-4,7-8,13,15H,5-6H2. The molecule has 82 valence electrons. The van der Waals surface area contributed by atoms with Crippen LogP contribution in [0.1, 0.15) is 11.6 Å². The molecule has 3 nitrogen and oxygen atoms in total. The smallest absolute Gasteiger partial charge is 0.127 e. The molecule has 16 heavy (non-hydrogen) atoms. The largest absolute Gasteiger partial charge is 0.507 e. The summed E-state index contributed by atoms with van der Waals surface area (Å²) < 4.78 is 0. The molecule has 4 heteroatoms. The molecule has 0 spiro atoms. The lowest BCUT2D eigenvalue weighted by atomic mass is 10.0. The zero-order chi connectivity index (χ0) is 11.0. The van der Waals surface area contributed by atoms with Crippen molar-refractivity contribution < 1.29 is 5.11 Å². The lowest BCUT2D eigenvalue weighted by Gasteiger charge is -2.25. The van der Waals surface area contributed by atoms with Crippen molar-refractivity contribution in [2.75, 3.05) is 13.1 Å². The third-order valence-electron chi connectivity index (χ3n) is 2.86. The summed E-state index contributed by atoms with van der Waals surface area (Å²) >= 11 is 1.60. The van der Waals surface area contributed by atoms with E-state index in [1.807, 2.05) is 18.2 Å². The van der Waals surface area contributed by atoms with E-state index in [9.17, 15) is 5.11 Å².